The van der Waals surface area contributed by atoms with Crippen molar-refractivity contribution >= 4 is 16.0 Å². The summed E-state index contributed by atoms with van der Waals surface area (Å²) >= 11 is 0. The maximum absolute atomic E-state index is 12.8. The standard InChI is InChI=1S/C19H21NO4S/c1-25(22,23)24-14-18-8-5-13-20(18)19(21)17-11-9-16(10-12-17)15-6-3-2-4-7-15/h2-4,6-7,9-12,18H,5,8,13-14H2,1H3. The number of carbonyl (C=O) groups excluding carboxylic acids is 1. The number of hydrogen-bond acceptors (Lipinski definition) is 4. The zero-order chi connectivity index (χ0) is 17.9. The van der Waals surface area contributed by atoms with E-state index in [1.54, 1.807) is 4.90 Å². The normalized spacial score (nSPS) is 17.6. The monoisotopic (exact) mass is 359 g/mol. The smallest absolute Gasteiger partial charge is 0.264 e. The summed E-state index contributed by atoms with van der Waals surface area (Å²) in [6, 6.07) is 17.3. The molecule has 0 N–H and O–H groups in total. The van der Waals surface area contributed by atoms with Gasteiger partial charge >= 0.3 is 0 Å². The lowest BCUT2D eigenvalue weighted by Crippen LogP contribution is -2.38. The summed E-state index contributed by atoms with van der Waals surface area (Å²) in [5, 5.41) is 0. The first kappa shape index (κ1) is 17.6. The van der Waals surface area contributed by atoms with Crippen molar-refractivity contribution in [2.45, 2.75) is 18.9 Å². The largest absolute Gasteiger partial charge is 0.333 e. The van der Waals surface area contributed by atoms with E-state index in [1.807, 2.05) is 54.6 Å². The number of benzene rings is 2. The summed E-state index contributed by atoms with van der Waals surface area (Å²) in [5.74, 6) is -0.0841. The van der Waals surface area contributed by atoms with Gasteiger partial charge in [-0.25, -0.2) is 0 Å². The lowest BCUT2D eigenvalue weighted by Gasteiger charge is -2.24. The number of rotatable bonds is 5. The molecule has 2 aromatic rings. The third kappa shape index (κ3) is 4.46. The fourth-order valence-corrected chi connectivity index (χ4v) is 3.48. The molecular weight excluding hydrogens is 338 g/mol. The zero-order valence-electron chi connectivity index (χ0n) is 14.1. The lowest BCUT2D eigenvalue weighted by molar-refractivity contribution is 0.0694. The molecule has 0 spiro atoms. The SMILES string of the molecule is CS(=O)(=O)OCC1CCCN1C(=O)c1ccc(-c2ccccc2)cc1. The second-order valence-corrected chi connectivity index (χ2v) is 7.87. The lowest BCUT2D eigenvalue weighted by atomic mass is 10.0. The van der Waals surface area contributed by atoms with E-state index < -0.39 is 10.1 Å². The highest BCUT2D eigenvalue weighted by Gasteiger charge is 2.30. The van der Waals surface area contributed by atoms with Crippen molar-refractivity contribution in [3.63, 3.8) is 0 Å². The van der Waals surface area contributed by atoms with Gasteiger partial charge in [0, 0.05) is 12.1 Å². The fourth-order valence-electron chi connectivity index (χ4n) is 3.08. The molecule has 1 amide bonds. The first-order chi connectivity index (χ1) is 11.9. The molecule has 1 aliphatic heterocycles. The van der Waals surface area contributed by atoms with Crippen LogP contribution in [0.1, 0.15) is 23.2 Å². The van der Waals surface area contributed by atoms with Crippen LogP contribution in [0.25, 0.3) is 11.1 Å². The van der Waals surface area contributed by atoms with Gasteiger partial charge < -0.3 is 4.90 Å². The van der Waals surface area contributed by atoms with Gasteiger partial charge in [0.25, 0.3) is 16.0 Å². The van der Waals surface area contributed by atoms with Gasteiger partial charge in [0.05, 0.1) is 18.9 Å². The van der Waals surface area contributed by atoms with Crippen LogP contribution in [0.15, 0.2) is 54.6 Å². The molecular formula is C19H21NO4S. The summed E-state index contributed by atoms with van der Waals surface area (Å²) in [6.07, 6.45) is 2.63. The van der Waals surface area contributed by atoms with Gasteiger partial charge in [-0.15, -0.1) is 0 Å². The molecule has 2 aromatic carbocycles. The van der Waals surface area contributed by atoms with Gasteiger partial charge in [0.1, 0.15) is 0 Å². The van der Waals surface area contributed by atoms with E-state index in [-0.39, 0.29) is 18.6 Å². The Balaban J connectivity index is 1.71. The highest BCUT2D eigenvalue weighted by Crippen LogP contribution is 2.23. The minimum atomic E-state index is -3.50. The molecule has 0 aromatic heterocycles. The molecule has 1 aliphatic rings. The number of nitrogens with zero attached hydrogens (tertiary/aromatic N) is 1. The van der Waals surface area contributed by atoms with Crippen LogP contribution in [0.4, 0.5) is 0 Å². The van der Waals surface area contributed by atoms with Crippen LogP contribution in [0, 0.1) is 0 Å². The summed E-state index contributed by atoms with van der Waals surface area (Å²) in [6.45, 7) is 0.643. The minimum Gasteiger partial charge on any atom is -0.333 e. The fraction of sp³-hybridized carbons (Fsp3) is 0.316. The van der Waals surface area contributed by atoms with Crippen LogP contribution in [0.5, 0.6) is 0 Å². The van der Waals surface area contributed by atoms with E-state index in [0.29, 0.717) is 12.1 Å². The second-order valence-electron chi connectivity index (χ2n) is 6.23. The van der Waals surface area contributed by atoms with E-state index in [2.05, 4.69) is 0 Å². The van der Waals surface area contributed by atoms with Crippen LogP contribution in [-0.4, -0.2) is 44.7 Å². The number of hydrogen-bond donors (Lipinski definition) is 0. The molecule has 1 fully saturated rings. The van der Waals surface area contributed by atoms with Crippen molar-refractivity contribution < 1.29 is 17.4 Å². The van der Waals surface area contributed by atoms with Crippen LogP contribution in [0.3, 0.4) is 0 Å². The molecule has 1 unspecified atom stereocenters. The third-order valence-electron chi connectivity index (χ3n) is 4.35. The predicted molar refractivity (Wildman–Crippen MR) is 96.7 cm³/mol. The number of carbonyl (C=O) groups is 1. The van der Waals surface area contributed by atoms with Gasteiger partial charge in [-0.3, -0.25) is 8.98 Å². The summed E-state index contributed by atoms with van der Waals surface area (Å²) in [5.41, 5.74) is 2.75. The second kappa shape index (κ2) is 7.37. The summed E-state index contributed by atoms with van der Waals surface area (Å²) in [7, 11) is -3.50. The van der Waals surface area contributed by atoms with Crippen molar-refractivity contribution in [2.24, 2.45) is 0 Å². The zero-order valence-corrected chi connectivity index (χ0v) is 14.9. The molecule has 25 heavy (non-hydrogen) atoms. The summed E-state index contributed by atoms with van der Waals surface area (Å²) < 4.78 is 27.2. The molecule has 0 saturated carbocycles. The molecule has 3 rings (SSSR count). The molecule has 132 valence electrons. The number of likely N-dealkylation sites (tertiary alicyclic amines) is 1. The Kier molecular flexibility index (Phi) is 5.20. The number of amides is 1. The first-order valence-electron chi connectivity index (χ1n) is 8.25. The predicted octanol–water partition coefficient (Wildman–Crippen LogP) is 2.93. The van der Waals surface area contributed by atoms with Gasteiger partial charge in [0.15, 0.2) is 0 Å². The van der Waals surface area contributed by atoms with Crippen molar-refractivity contribution in [3.8, 4) is 11.1 Å². The third-order valence-corrected chi connectivity index (χ3v) is 4.92. The first-order valence-corrected chi connectivity index (χ1v) is 10.1. The van der Waals surface area contributed by atoms with Gasteiger partial charge in [-0.2, -0.15) is 8.42 Å². The van der Waals surface area contributed by atoms with Crippen LogP contribution >= 0.6 is 0 Å². The van der Waals surface area contributed by atoms with E-state index in [1.165, 1.54) is 0 Å². The Morgan fingerprint density at radius 3 is 2.36 bits per heavy atom. The Morgan fingerprint density at radius 1 is 1.08 bits per heavy atom. The molecule has 1 heterocycles. The Labute approximate surface area is 148 Å². The van der Waals surface area contributed by atoms with Crippen molar-refractivity contribution in [3.05, 3.63) is 60.2 Å². The molecule has 0 bridgehead atoms. The van der Waals surface area contributed by atoms with Gasteiger partial charge in [0.2, 0.25) is 0 Å². The minimum absolute atomic E-state index is 0.0205. The summed E-state index contributed by atoms with van der Waals surface area (Å²) in [4.78, 5) is 14.5. The molecule has 1 saturated heterocycles. The Bertz CT molecular complexity index is 831. The highest BCUT2D eigenvalue weighted by atomic mass is 32.2. The van der Waals surface area contributed by atoms with Crippen molar-refractivity contribution in [1.82, 2.24) is 4.90 Å². The topological polar surface area (TPSA) is 63.7 Å². The van der Waals surface area contributed by atoms with E-state index >= 15 is 0 Å². The maximum atomic E-state index is 12.8. The quantitative estimate of drug-likeness (QED) is 0.770. The van der Waals surface area contributed by atoms with Crippen LogP contribution < -0.4 is 0 Å². The molecule has 6 heteroatoms. The molecule has 1 atom stereocenters. The molecule has 5 nitrogen and oxygen atoms in total. The van der Waals surface area contributed by atoms with Crippen LogP contribution in [0.2, 0.25) is 0 Å². The van der Waals surface area contributed by atoms with Crippen molar-refractivity contribution in [1.29, 1.82) is 0 Å². The van der Waals surface area contributed by atoms with Gasteiger partial charge in [-0.05, 0) is 36.1 Å². The molecule has 0 radical (unpaired) electrons. The Morgan fingerprint density at radius 2 is 1.72 bits per heavy atom. The highest BCUT2D eigenvalue weighted by molar-refractivity contribution is 7.85. The van der Waals surface area contributed by atoms with Crippen molar-refractivity contribution in [2.75, 3.05) is 19.4 Å². The van der Waals surface area contributed by atoms with Crippen LogP contribution in [-0.2, 0) is 14.3 Å². The average Bonchev–Trinajstić information content (AvgIpc) is 3.08. The Hall–Kier alpha value is -2.18. The van der Waals surface area contributed by atoms with E-state index in [4.69, 9.17) is 4.18 Å². The average molecular weight is 359 g/mol. The maximum Gasteiger partial charge on any atom is 0.264 e. The van der Waals surface area contributed by atoms with E-state index in [0.717, 1.165) is 30.2 Å². The van der Waals surface area contributed by atoms with Gasteiger partial charge in [-0.1, -0.05) is 42.5 Å². The molecule has 0 aliphatic carbocycles. The van der Waals surface area contributed by atoms with E-state index in [9.17, 15) is 13.2 Å².